The number of hydrogen-bond donors (Lipinski definition) is 2. The molecule has 0 bridgehead atoms. The van der Waals surface area contributed by atoms with Gasteiger partial charge in [0.2, 0.25) is 5.60 Å². The predicted octanol–water partition coefficient (Wildman–Crippen LogP) is 4.49. The summed E-state index contributed by atoms with van der Waals surface area (Å²) in [6.07, 6.45) is 2.01. The van der Waals surface area contributed by atoms with Crippen molar-refractivity contribution in [2.24, 2.45) is 5.16 Å². The van der Waals surface area contributed by atoms with Crippen LogP contribution in [0, 0.1) is 0 Å². The highest BCUT2D eigenvalue weighted by molar-refractivity contribution is 7.11. The molecule has 0 aliphatic carbocycles. The Kier molecular flexibility index (Phi) is 8.11. The normalized spacial score (nSPS) is 17.4. The summed E-state index contributed by atoms with van der Waals surface area (Å²) >= 11 is 13.6. The van der Waals surface area contributed by atoms with Crippen LogP contribution in [-0.4, -0.2) is 47.2 Å². The number of halogens is 2. The van der Waals surface area contributed by atoms with E-state index in [4.69, 9.17) is 32.8 Å². The van der Waals surface area contributed by atoms with E-state index in [1.165, 1.54) is 18.4 Å². The van der Waals surface area contributed by atoms with E-state index in [1.807, 2.05) is 5.38 Å². The van der Waals surface area contributed by atoms with Gasteiger partial charge in [-0.05, 0) is 36.8 Å². The topological polar surface area (TPSA) is 119 Å². The molecule has 4 rings (SSSR count). The van der Waals surface area contributed by atoms with Crippen LogP contribution in [0.1, 0.15) is 34.3 Å². The highest BCUT2D eigenvalue weighted by atomic mass is 35.5. The van der Waals surface area contributed by atoms with Crippen molar-refractivity contribution < 1.29 is 24.0 Å². The zero-order chi connectivity index (χ0) is 26.6. The summed E-state index contributed by atoms with van der Waals surface area (Å²) in [5.74, 6) is -1.56. The Morgan fingerprint density at radius 2 is 1.86 bits per heavy atom. The number of nitrogens with zero attached hydrogens (tertiary/aromatic N) is 2. The van der Waals surface area contributed by atoms with Crippen LogP contribution in [0.2, 0.25) is 10.0 Å². The highest BCUT2D eigenvalue weighted by Gasteiger charge is 2.44. The van der Waals surface area contributed by atoms with Crippen LogP contribution in [0.25, 0.3) is 0 Å². The van der Waals surface area contributed by atoms with E-state index in [9.17, 15) is 14.4 Å². The molecule has 192 valence electrons. The van der Waals surface area contributed by atoms with Crippen molar-refractivity contribution in [3.63, 3.8) is 0 Å². The third kappa shape index (κ3) is 6.10. The van der Waals surface area contributed by atoms with Crippen LogP contribution in [0.3, 0.4) is 0 Å². The van der Waals surface area contributed by atoms with E-state index in [2.05, 4.69) is 20.8 Å². The number of methoxy groups -OCH3 is 1. The lowest BCUT2D eigenvalue weighted by Gasteiger charge is -2.24. The molecule has 2 atom stereocenters. The minimum absolute atomic E-state index is 0.152. The average Bonchev–Trinajstić information content (AvgIpc) is 3.55. The lowest BCUT2D eigenvalue weighted by Crippen LogP contribution is -2.52. The number of anilines is 1. The molecule has 0 radical (unpaired) electrons. The van der Waals surface area contributed by atoms with E-state index < -0.39 is 29.4 Å². The van der Waals surface area contributed by atoms with E-state index >= 15 is 0 Å². The van der Waals surface area contributed by atoms with Crippen LogP contribution in [0.4, 0.5) is 5.69 Å². The predicted molar refractivity (Wildman–Crippen MR) is 141 cm³/mol. The van der Waals surface area contributed by atoms with Crippen LogP contribution in [-0.2, 0) is 25.6 Å². The Hall–Kier alpha value is -3.47. The van der Waals surface area contributed by atoms with Gasteiger partial charge in [0.15, 0.2) is 0 Å². The van der Waals surface area contributed by atoms with Crippen molar-refractivity contribution in [2.75, 3.05) is 12.4 Å². The zero-order valence-electron chi connectivity index (χ0n) is 19.8. The molecule has 0 saturated carbocycles. The van der Waals surface area contributed by atoms with Crippen LogP contribution < -0.4 is 10.6 Å². The molecular weight excluding hydrogens is 539 g/mol. The molecule has 2 aromatic carbocycles. The number of ether oxygens (including phenoxy) is 1. The van der Waals surface area contributed by atoms with E-state index in [-0.39, 0.29) is 28.5 Å². The fraction of sp³-hybridized carbons (Fsp3) is 0.240. The van der Waals surface area contributed by atoms with Crippen LogP contribution in [0.15, 0.2) is 59.2 Å². The number of thiazole rings is 1. The van der Waals surface area contributed by atoms with Crippen molar-refractivity contribution >= 4 is 63.7 Å². The van der Waals surface area contributed by atoms with Crippen molar-refractivity contribution in [3.05, 3.63) is 80.2 Å². The minimum atomic E-state index is -1.29. The fourth-order valence-corrected chi connectivity index (χ4v) is 4.84. The van der Waals surface area contributed by atoms with Gasteiger partial charge < -0.3 is 20.2 Å². The molecule has 1 aromatic heterocycles. The van der Waals surface area contributed by atoms with Gasteiger partial charge >= 0.3 is 5.97 Å². The van der Waals surface area contributed by atoms with E-state index in [0.29, 0.717) is 16.4 Å². The second kappa shape index (κ2) is 11.3. The highest BCUT2D eigenvalue weighted by Crippen LogP contribution is 2.28. The first kappa shape index (κ1) is 26.6. The molecule has 0 saturated heterocycles. The van der Waals surface area contributed by atoms with Crippen molar-refractivity contribution in [1.82, 2.24) is 10.3 Å². The SMILES string of the molecule is COC(=O)[C@H](Cc1ccc(NC(=O)c2c(Cl)cccc2Cl)cc1)NC(=O)C1(C)CC(c2nccs2)=NO1. The molecular formula is C25H22Cl2N4O5S. The van der Waals surface area contributed by atoms with Gasteiger partial charge in [0, 0.05) is 30.1 Å². The summed E-state index contributed by atoms with van der Waals surface area (Å²) in [6, 6.07) is 10.6. The van der Waals surface area contributed by atoms with Crippen molar-refractivity contribution in [1.29, 1.82) is 0 Å². The average molecular weight is 561 g/mol. The minimum Gasteiger partial charge on any atom is -0.467 e. The number of carbonyl (C=O) groups excluding carboxylic acids is 3. The monoisotopic (exact) mass is 560 g/mol. The van der Waals surface area contributed by atoms with Gasteiger partial charge in [-0.3, -0.25) is 9.59 Å². The molecule has 1 aliphatic heterocycles. The molecule has 1 aliphatic rings. The first-order chi connectivity index (χ1) is 17.7. The summed E-state index contributed by atoms with van der Waals surface area (Å²) in [6.45, 7) is 1.60. The van der Waals surface area contributed by atoms with E-state index in [0.717, 1.165) is 5.56 Å². The quantitative estimate of drug-likeness (QED) is 0.392. The van der Waals surface area contributed by atoms with Gasteiger partial charge in [-0.1, -0.05) is 46.6 Å². The smallest absolute Gasteiger partial charge is 0.328 e. The number of rotatable bonds is 8. The lowest BCUT2D eigenvalue weighted by atomic mass is 9.97. The molecule has 2 N–H and O–H groups in total. The maximum Gasteiger partial charge on any atom is 0.328 e. The lowest BCUT2D eigenvalue weighted by molar-refractivity contribution is -0.150. The molecule has 12 heteroatoms. The number of nitrogens with one attached hydrogen (secondary N) is 2. The van der Waals surface area contributed by atoms with Crippen molar-refractivity contribution in [2.45, 2.75) is 31.4 Å². The Morgan fingerprint density at radius 3 is 2.49 bits per heavy atom. The molecule has 3 aromatic rings. The molecule has 0 fully saturated rings. The standard InChI is InChI=1S/C25H22Cl2N4O5S/c1-25(13-19(31-36-25)22-28-10-11-37-22)24(34)30-18(23(33)35-2)12-14-6-8-15(9-7-14)29-21(32)20-16(26)4-3-5-17(20)27/h3-11,18H,12-13H2,1-2H3,(H,29,32)(H,30,34)/t18-,25?/m0/s1. The molecule has 1 unspecified atom stereocenters. The second-order valence-corrected chi connectivity index (χ2v) is 10.1. The first-order valence-electron chi connectivity index (χ1n) is 11.1. The third-order valence-corrected chi connectivity index (χ3v) is 7.11. The molecule has 9 nitrogen and oxygen atoms in total. The molecule has 0 spiro atoms. The van der Waals surface area contributed by atoms with Crippen LogP contribution in [0.5, 0.6) is 0 Å². The number of amides is 2. The summed E-state index contributed by atoms with van der Waals surface area (Å²) in [5, 5.41) is 12.4. The second-order valence-electron chi connectivity index (χ2n) is 8.38. The number of carbonyl (C=O) groups is 3. The fourth-order valence-electron chi connectivity index (χ4n) is 3.66. The van der Waals surface area contributed by atoms with Gasteiger partial charge in [0.25, 0.3) is 11.8 Å². The summed E-state index contributed by atoms with van der Waals surface area (Å²) in [5.41, 5.74) is 0.677. The van der Waals surface area contributed by atoms with Gasteiger partial charge in [-0.25, -0.2) is 9.78 Å². The number of aromatic nitrogens is 1. The van der Waals surface area contributed by atoms with Gasteiger partial charge in [-0.2, -0.15) is 0 Å². The number of hydrogen-bond acceptors (Lipinski definition) is 8. The number of benzene rings is 2. The first-order valence-corrected chi connectivity index (χ1v) is 12.7. The third-order valence-electron chi connectivity index (χ3n) is 5.65. The Bertz CT molecular complexity index is 1330. The summed E-state index contributed by atoms with van der Waals surface area (Å²) in [4.78, 5) is 47.8. The maximum atomic E-state index is 13.1. The summed E-state index contributed by atoms with van der Waals surface area (Å²) in [7, 11) is 1.25. The number of oxime groups is 1. The Balaban J connectivity index is 1.40. The van der Waals surface area contributed by atoms with Gasteiger partial charge in [0.1, 0.15) is 16.8 Å². The summed E-state index contributed by atoms with van der Waals surface area (Å²) < 4.78 is 4.90. The van der Waals surface area contributed by atoms with Crippen molar-refractivity contribution in [3.8, 4) is 0 Å². The Labute approximate surface area is 226 Å². The molecule has 2 amide bonds. The maximum absolute atomic E-state index is 13.1. The van der Waals surface area contributed by atoms with E-state index in [1.54, 1.807) is 55.6 Å². The Morgan fingerprint density at radius 1 is 1.16 bits per heavy atom. The van der Waals surface area contributed by atoms with Crippen LogP contribution >= 0.6 is 34.5 Å². The largest absolute Gasteiger partial charge is 0.467 e. The van der Waals surface area contributed by atoms with Gasteiger partial charge in [-0.15, -0.1) is 11.3 Å². The zero-order valence-corrected chi connectivity index (χ0v) is 22.1. The number of esters is 1. The molecule has 2 heterocycles. The van der Waals surface area contributed by atoms with Gasteiger partial charge in [0.05, 0.1) is 22.7 Å². The molecule has 37 heavy (non-hydrogen) atoms.